The smallest absolute Gasteiger partial charge is 0.220 e. The molecule has 85 heavy (non-hydrogen) atoms. The average Bonchev–Trinajstić information content (AvgIpc) is 3.29. The minimum atomic E-state index is -1.79. The SMILES string of the molecule is CCCCCCCCCCCCCCCCCCCC/C=C/C(O)C(COC1OC(CO)C(OC2OC(CO)C(O)C(O)C2O)C(O)C1O)NC(=O)CCCCCCCCCCCCCCCCCCCCCCCCCCCCCCCCC. The summed E-state index contributed by atoms with van der Waals surface area (Å²) >= 11 is 0. The number of hydrogen-bond acceptors (Lipinski definition) is 13. The summed E-state index contributed by atoms with van der Waals surface area (Å²) in [6.45, 7) is 2.86. The lowest BCUT2D eigenvalue weighted by Gasteiger charge is -2.46. The molecule has 0 spiro atoms. The van der Waals surface area contributed by atoms with Gasteiger partial charge in [-0.3, -0.25) is 4.79 Å². The fraction of sp³-hybridized carbons (Fsp3) is 0.958. The van der Waals surface area contributed by atoms with Gasteiger partial charge in [0.15, 0.2) is 12.6 Å². The largest absolute Gasteiger partial charge is 0.394 e. The Morgan fingerprint density at radius 2 is 0.729 bits per heavy atom. The van der Waals surface area contributed by atoms with Crippen LogP contribution in [0.4, 0.5) is 0 Å². The Morgan fingerprint density at radius 1 is 0.412 bits per heavy atom. The van der Waals surface area contributed by atoms with Gasteiger partial charge in [0.2, 0.25) is 5.91 Å². The molecule has 14 heteroatoms. The first-order chi connectivity index (χ1) is 41.6. The second-order valence-corrected chi connectivity index (χ2v) is 26.1. The minimum absolute atomic E-state index is 0.230. The standard InChI is InChI=1S/C71H137NO13/c1-3-5-7-9-11-13-15-17-19-21-23-25-26-27-28-29-30-31-32-33-34-35-37-39-41-43-45-47-49-51-53-55-63(76)72-59(60(75)54-52-50-48-46-44-42-40-38-36-24-22-20-18-16-14-12-10-8-6-4-2)58-82-70-68(81)66(79)69(62(57-74)84-70)85-71-67(80)65(78)64(77)61(56-73)83-71/h52,54,59-62,64-71,73-75,77-81H,3-51,53,55-58H2,1-2H3,(H,72,76)/b54-52+. The van der Waals surface area contributed by atoms with Gasteiger partial charge in [-0.15, -0.1) is 0 Å². The third-order valence-electron chi connectivity index (χ3n) is 18.2. The van der Waals surface area contributed by atoms with Gasteiger partial charge in [0.05, 0.1) is 32.0 Å². The molecule has 0 aromatic heterocycles. The van der Waals surface area contributed by atoms with Gasteiger partial charge in [0, 0.05) is 6.42 Å². The molecule has 2 saturated heterocycles. The number of aliphatic hydroxyl groups excluding tert-OH is 8. The summed E-state index contributed by atoms with van der Waals surface area (Å²) in [5.74, 6) is -0.230. The highest BCUT2D eigenvalue weighted by Crippen LogP contribution is 2.30. The second kappa shape index (κ2) is 56.7. The number of ether oxygens (including phenoxy) is 4. The zero-order valence-electron chi connectivity index (χ0n) is 54.9. The first-order valence-corrected chi connectivity index (χ1v) is 36.4. The first kappa shape index (κ1) is 79.8. The third kappa shape index (κ3) is 41.0. The van der Waals surface area contributed by atoms with Crippen molar-refractivity contribution in [1.82, 2.24) is 5.32 Å². The van der Waals surface area contributed by atoms with Gasteiger partial charge in [-0.2, -0.15) is 0 Å². The van der Waals surface area contributed by atoms with E-state index in [0.29, 0.717) is 0 Å². The summed E-state index contributed by atoms with van der Waals surface area (Å²) in [7, 11) is 0. The Bertz CT molecular complexity index is 1470. The Balaban J connectivity index is 1.64. The Kier molecular flexibility index (Phi) is 53.2. The highest BCUT2D eigenvalue weighted by Gasteiger charge is 2.51. The van der Waals surface area contributed by atoms with Crippen LogP contribution in [-0.4, -0.2) is 140 Å². The van der Waals surface area contributed by atoms with E-state index in [0.717, 1.165) is 44.9 Å². The quantitative estimate of drug-likeness (QED) is 0.0204. The van der Waals surface area contributed by atoms with Crippen LogP contribution in [0.25, 0.3) is 0 Å². The van der Waals surface area contributed by atoms with Gasteiger partial charge in [-0.05, 0) is 19.3 Å². The van der Waals surface area contributed by atoms with Crippen molar-refractivity contribution in [1.29, 1.82) is 0 Å². The van der Waals surface area contributed by atoms with Crippen molar-refractivity contribution in [3.63, 3.8) is 0 Å². The van der Waals surface area contributed by atoms with Crippen LogP contribution in [0.3, 0.4) is 0 Å². The predicted molar refractivity (Wildman–Crippen MR) is 346 cm³/mol. The van der Waals surface area contributed by atoms with E-state index in [4.69, 9.17) is 18.9 Å². The maximum absolute atomic E-state index is 13.3. The zero-order valence-corrected chi connectivity index (χ0v) is 54.9. The summed E-state index contributed by atoms with van der Waals surface area (Å²) in [6.07, 6.45) is 52.8. The first-order valence-electron chi connectivity index (χ1n) is 36.4. The van der Waals surface area contributed by atoms with Crippen molar-refractivity contribution in [2.24, 2.45) is 0 Å². The zero-order chi connectivity index (χ0) is 61.6. The fourth-order valence-electron chi connectivity index (χ4n) is 12.4. The predicted octanol–water partition coefficient (Wildman–Crippen LogP) is 15.0. The topological polar surface area (TPSA) is 228 Å². The Labute approximate surface area is 520 Å². The van der Waals surface area contributed by atoms with Gasteiger partial charge in [-0.1, -0.05) is 328 Å². The molecule has 1 amide bonds. The number of rotatable bonds is 61. The normalized spacial score (nSPS) is 23.5. The summed E-state index contributed by atoms with van der Waals surface area (Å²) < 4.78 is 22.9. The molecule has 0 radical (unpaired) electrons. The summed E-state index contributed by atoms with van der Waals surface area (Å²) in [4.78, 5) is 13.3. The highest BCUT2D eigenvalue weighted by molar-refractivity contribution is 5.76. The van der Waals surface area contributed by atoms with Crippen molar-refractivity contribution in [2.45, 2.75) is 415 Å². The van der Waals surface area contributed by atoms with E-state index >= 15 is 0 Å². The maximum atomic E-state index is 13.3. The van der Waals surface area contributed by atoms with Gasteiger partial charge >= 0.3 is 0 Å². The van der Waals surface area contributed by atoms with Crippen LogP contribution < -0.4 is 5.32 Å². The van der Waals surface area contributed by atoms with E-state index in [1.54, 1.807) is 6.08 Å². The summed E-state index contributed by atoms with van der Waals surface area (Å²) in [5.41, 5.74) is 0. The molecule has 0 aromatic rings. The molecular formula is C71H137NO13. The lowest BCUT2D eigenvalue weighted by atomic mass is 9.97. The fourth-order valence-corrected chi connectivity index (χ4v) is 12.4. The van der Waals surface area contributed by atoms with Crippen molar-refractivity contribution in [3.05, 3.63) is 12.2 Å². The van der Waals surface area contributed by atoms with Crippen LogP contribution in [0, 0.1) is 0 Å². The lowest BCUT2D eigenvalue weighted by molar-refractivity contribution is -0.359. The van der Waals surface area contributed by atoms with Crippen LogP contribution in [0.1, 0.15) is 341 Å². The summed E-state index contributed by atoms with van der Waals surface area (Å²) in [6, 6.07) is -0.911. The number of allylic oxidation sites excluding steroid dienone is 1. The van der Waals surface area contributed by atoms with Crippen molar-refractivity contribution in [2.75, 3.05) is 19.8 Å². The van der Waals surface area contributed by atoms with Crippen molar-refractivity contribution >= 4 is 5.91 Å². The molecule has 504 valence electrons. The van der Waals surface area contributed by atoms with Gasteiger partial charge in [-0.25, -0.2) is 0 Å². The number of unbranched alkanes of at least 4 members (excludes halogenated alkanes) is 48. The molecule has 9 N–H and O–H groups in total. The molecule has 12 unspecified atom stereocenters. The maximum Gasteiger partial charge on any atom is 0.220 e. The molecule has 14 nitrogen and oxygen atoms in total. The molecule has 12 atom stereocenters. The van der Waals surface area contributed by atoms with Crippen LogP contribution in [0.5, 0.6) is 0 Å². The molecule has 0 aliphatic carbocycles. The number of carbonyl (C=O) groups is 1. The van der Waals surface area contributed by atoms with Crippen LogP contribution in [0.15, 0.2) is 12.2 Å². The molecule has 2 heterocycles. The van der Waals surface area contributed by atoms with E-state index in [-0.39, 0.29) is 18.9 Å². The average molecular weight is 1210 g/mol. The molecule has 2 fully saturated rings. The minimum Gasteiger partial charge on any atom is -0.394 e. The molecule has 0 aromatic carbocycles. The van der Waals surface area contributed by atoms with E-state index in [1.807, 2.05) is 6.08 Å². The summed E-state index contributed by atoms with van der Waals surface area (Å²) in [5, 5.41) is 87.5. The van der Waals surface area contributed by atoms with Crippen molar-refractivity contribution in [3.8, 4) is 0 Å². The molecule has 2 aliphatic rings. The molecule has 0 saturated carbocycles. The molecule has 2 rings (SSSR count). The lowest BCUT2D eigenvalue weighted by Crippen LogP contribution is -2.65. The van der Waals surface area contributed by atoms with Crippen LogP contribution in [0.2, 0.25) is 0 Å². The molecule has 2 aliphatic heterocycles. The van der Waals surface area contributed by atoms with Crippen LogP contribution in [-0.2, 0) is 23.7 Å². The van der Waals surface area contributed by atoms with Crippen molar-refractivity contribution < 1.29 is 64.6 Å². The number of nitrogens with one attached hydrogen (secondary N) is 1. The third-order valence-corrected chi connectivity index (χ3v) is 18.2. The molecule has 0 bridgehead atoms. The van der Waals surface area contributed by atoms with Gasteiger partial charge in [0.1, 0.15) is 48.8 Å². The second-order valence-electron chi connectivity index (χ2n) is 26.1. The highest BCUT2D eigenvalue weighted by atomic mass is 16.7. The number of aliphatic hydroxyl groups is 8. The van der Waals surface area contributed by atoms with Crippen LogP contribution >= 0.6 is 0 Å². The van der Waals surface area contributed by atoms with Gasteiger partial charge < -0.3 is 65.1 Å². The Morgan fingerprint density at radius 3 is 1.08 bits per heavy atom. The number of hydrogen-bond donors (Lipinski definition) is 9. The monoisotopic (exact) mass is 1210 g/mol. The van der Waals surface area contributed by atoms with Gasteiger partial charge in [0.25, 0.3) is 0 Å². The van der Waals surface area contributed by atoms with E-state index in [2.05, 4.69) is 19.2 Å². The Hall–Kier alpha value is -1.27. The van der Waals surface area contributed by atoms with E-state index in [9.17, 15) is 45.6 Å². The number of carbonyl (C=O) groups excluding carboxylic acids is 1. The van der Waals surface area contributed by atoms with E-state index < -0.39 is 86.8 Å². The molecular weight excluding hydrogens is 1070 g/mol. The van der Waals surface area contributed by atoms with E-state index in [1.165, 1.54) is 276 Å². The number of amides is 1.